The van der Waals surface area contributed by atoms with Crippen molar-refractivity contribution in [3.05, 3.63) is 35.0 Å². The molecule has 0 radical (unpaired) electrons. The first-order chi connectivity index (χ1) is 8.42. The number of rotatable bonds is 4. The maximum Gasteiger partial charge on any atom is 0.174 e. The van der Waals surface area contributed by atoms with Crippen molar-refractivity contribution < 1.29 is 4.42 Å². The predicted octanol–water partition coefficient (Wildman–Crippen LogP) is 3.55. The molecule has 0 unspecified atom stereocenters. The van der Waals surface area contributed by atoms with E-state index in [-0.39, 0.29) is 0 Å². The second-order valence-corrected chi connectivity index (χ2v) is 6.03. The van der Waals surface area contributed by atoms with Crippen molar-refractivity contribution in [3.8, 4) is 10.8 Å². The van der Waals surface area contributed by atoms with Gasteiger partial charge in [-0.05, 0) is 12.1 Å². The molecule has 0 aliphatic rings. The van der Waals surface area contributed by atoms with E-state index < -0.39 is 0 Å². The third kappa shape index (κ3) is 2.56. The summed E-state index contributed by atoms with van der Waals surface area (Å²) in [5, 5.41) is 10.7. The fraction of sp³-hybridized carbons (Fsp3) is 0.100. The highest BCUT2D eigenvalue weighted by Gasteiger charge is 2.07. The third-order valence-corrected chi connectivity index (χ3v) is 4.77. The Balaban J connectivity index is 1.69. The largest absolute Gasteiger partial charge is 0.462 e. The van der Waals surface area contributed by atoms with Gasteiger partial charge in [-0.2, -0.15) is 0 Å². The van der Waals surface area contributed by atoms with Gasteiger partial charge in [-0.25, -0.2) is 4.98 Å². The van der Waals surface area contributed by atoms with Gasteiger partial charge in [-0.3, -0.25) is 0 Å². The fourth-order valence-electron chi connectivity index (χ4n) is 1.25. The molecule has 0 amide bonds. The van der Waals surface area contributed by atoms with Crippen molar-refractivity contribution in [1.82, 2.24) is 15.2 Å². The van der Waals surface area contributed by atoms with Crippen molar-refractivity contribution in [2.75, 3.05) is 0 Å². The molecule has 0 atom stereocenters. The van der Waals surface area contributed by atoms with Crippen molar-refractivity contribution in [3.63, 3.8) is 0 Å². The summed E-state index contributed by atoms with van der Waals surface area (Å²) in [5.74, 6) is 1.63. The standard InChI is InChI=1S/C10H7N3OS3/c1-2-8(14-3-1)9-12-7(4-15-9)5-16-10-13-11-6-17-10/h1-4,6H,5H2. The van der Waals surface area contributed by atoms with Gasteiger partial charge in [0, 0.05) is 11.1 Å². The van der Waals surface area contributed by atoms with E-state index in [0.29, 0.717) is 0 Å². The molecular formula is C10H7N3OS3. The molecule has 0 saturated heterocycles. The molecule has 0 N–H and O–H groups in total. The van der Waals surface area contributed by atoms with E-state index in [1.54, 1.807) is 46.2 Å². The Hall–Kier alpha value is -1.18. The Kier molecular flexibility index (Phi) is 3.21. The molecule has 0 bridgehead atoms. The molecule has 0 aromatic carbocycles. The quantitative estimate of drug-likeness (QED) is 0.684. The van der Waals surface area contributed by atoms with Crippen LogP contribution in [0.1, 0.15) is 5.69 Å². The summed E-state index contributed by atoms with van der Waals surface area (Å²) in [6.07, 6.45) is 1.66. The summed E-state index contributed by atoms with van der Waals surface area (Å²) in [6, 6.07) is 3.78. The lowest BCUT2D eigenvalue weighted by Crippen LogP contribution is -1.81. The number of hydrogen-bond donors (Lipinski definition) is 0. The van der Waals surface area contributed by atoms with E-state index >= 15 is 0 Å². The molecule has 0 fully saturated rings. The fourth-order valence-corrected chi connectivity index (χ4v) is 3.52. The zero-order valence-corrected chi connectivity index (χ0v) is 11.0. The molecule has 4 nitrogen and oxygen atoms in total. The van der Waals surface area contributed by atoms with E-state index in [1.165, 1.54) is 0 Å². The highest BCUT2D eigenvalue weighted by molar-refractivity contribution is 8.00. The normalized spacial score (nSPS) is 10.8. The van der Waals surface area contributed by atoms with Crippen LogP contribution in [0, 0.1) is 0 Å². The van der Waals surface area contributed by atoms with E-state index in [1.807, 2.05) is 17.5 Å². The minimum Gasteiger partial charge on any atom is -0.462 e. The van der Waals surface area contributed by atoms with Gasteiger partial charge >= 0.3 is 0 Å². The van der Waals surface area contributed by atoms with Crippen LogP contribution in [0.4, 0.5) is 0 Å². The highest BCUT2D eigenvalue weighted by Crippen LogP contribution is 2.28. The van der Waals surface area contributed by atoms with Gasteiger partial charge in [0.05, 0.1) is 12.0 Å². The molecule has 86 valence electrons. The van der Waals surface area contributed by atoms with Crippen LogP contribution in [0.2, 0.25) is 0 Å². The number of hydrogen-bond acceptors (Lipinski definition) is 7. The molecule has 3 rings (SSSR count). The first-order valence-electron chi connectivity index (χ1n) is 4.79. The lowest BCUT2D eigenvalue weighted by molar-refractivity contribution is 0.581. The highest BCUT2D eigenvalue weighted by atomic mass is 32.2. The van der Waals surface area contributed by atoms with Gasteiger partial charge in [-0.15, -0.1) is 21.5 Å². The van der Waals surface area contributed by atoms with Gasteiger partial charge in [0.2, 0.25) is 0 Å². The minimum atomic E-state index is 0.812. The average Bonchev–Trinajstić information content (AvgIpc) is 3.09. The van der Waals surface area contributed by atoms with Crippen LogP contribution in [-0.4, -0.2) is 15.2 Å². The van der Waals surface area contributed by atoms with Crippen LogP contribution in [0.5, 0.6) is 0 Å². The Labute approximate surface area is 110 Å². The van der Waals surface area contributed by atoms with Crippen LogP contribution in [-0.2, 0) is 5.75 Å². The number of aromatic nitrogens is 3. The molecule has 3 aromatic heterocycles. The minimum absolute atomic E-state index is 0.812. The molecule has 3 aromatic rings. The zero-order chi connectivity index (χ0) is 11.5. The van der Waals surface area contributed by atoms with Gasteiger partial charge < -0.3 is 4.42 Å². The second-order valence-electron chi connectivity index (χ2n) is 3.11. The molecule has 0 aliphatic heterocycles. The van der Waals surface area contributed by atoms with Crippen LogP contribution in [0.3, 0.4) is 0 Å². The van der Waals surface area contributed by atoms with Gasteiger partial charge in [0.25, 0.3) is 0 Å². The Morgan fingerprint density at radius 1 is 1.35 bits per heavy atom. The molecular weight excluding hydrogens is 274 g/mol. The van der Waals surface area contributed by atoms with E-state index in [4.69, 9.17) is 4.42 Å². The average molecular weight is 281 g/mol. The van der Waals surface area contributed by atoms with Crippen molar-refractivity contribution in [2.45, 2.75) is 10.1 Å². The van der Waals surface area contributed by atoms with Crippen molar-refractivity contribution in [2.24, 2.45) is 0 Å². The number of furan rings is 1. The maximum atomic E-state index is 5.30. The van der Waals surface area contributed by atoms with Crippen molar-refractivity contribution >= 4 is 34.4 Å². The van der Waals surface area contributed by atoms with E-state index in [0.717, 1.165) is 26.6 Å². The van der Waals surface area contributed by atoms with Crippen LogP contribution < -0.4 is 0 Å². The first-order valence-corrected chi connectivity index (χ1v) is 7.53. The molecule has 0 aliphatic carbocycles. The summed E-state index contributed by atoms with van der Waals surface area (Å²) >= 11 is 4.79. The number of thiazole rings is 1. The third-order valence-electron chi connectivity index (χ3n) is 1.97. The monoisotopic (exact) mass is 281 g/mol. The van der Waals surface area contributed by atoms with Gasteiger partial charge in [0.15, 0.2) is 15.1 Å². The molecule has 0 saturated carbocycles. The maximum absolute atomic E-state index is 5.30. The molecule has 7 heteroatoms. The van der Waals surface area contributed by atoms with Gasteiger partial charge in [-0.1, -0.05) is 23.1 Å². The first kappa shape index (κ1) is 10.9. The number of nitrogens with zero attached hydrogens (tertiary/aromatic N) is 3. The Morgan fingerprint density at radius 3 is 3.12 bits per heavy atom. The summed E-state index contributed by atoms with van der Waals surface area (Å²) in [6.45, 7) is 0. The SMILES string of the molecule is c1coc(-c2nc(CSc3nncs3)cs2)c1. The van der Waals surface area contributed by atoms with E-state index in [2.05, 4.69) is 15.2 Å². The Bertz CT molecular complexity index is 574. The smallest absolute Gasteiger partial charge is 0.174 e. The van der Waals surface area contributed by atoms with Crippen LogP contribution in [0.15, 0.2) is 38.0 Å². The summed E-state index contributed by atoms with van der Waals surface area (Å²) in [5.41, 5.74) is 2.78. The summed E-state index contributed by atoms with van der Waals surface area (Å²) in [4.78, 5) is 4.51. The molecule has 0 spiro atoms. The van der Waals surface area contributed by atoms with Crippen LogP contribution >= 0.6 is 34.4 Å². The van der Waals surface area contributed by atoms with Gasteiger partial charge in [0.1, 0.15) is 5.51 Å². The lowest BCUT2D eigenvalue weighted by Gasteiger charge is -1.91. The van der Waals surface area contributed by atoms with Crippen molar-refractivity contribution in [1.29, 1.82) is 0 Å². The molecule has 17 heavy (non-hydrogen) atoms. The second kappa shape index (κ2) is 4.99. The summed E-state index contributed by atoms with van der Waals surface area (Å²) in [7, 11) is 0. The topological polar surface area (TPSA) is 51.8 Å². The predicted molar refractivity (Wildman–Crippen MR) is 69.3 cm³/mol. The molecule has 3 heterocycles. The number of thioether (sulfide) groups is 1. The summed E-state index contributed by atoms with van der Waals surface area (Å²) < 4.78 is 6.27. The van der Waals surface area contributed by atoms with Crippen LogP contribution in [0.25, 0.3) is 10.8 Å². The Morgan fingerprint density at radius 2 is 2.35 bits per heavy atom. The lowest BCUT2D eigenvalue weighted by atomic mass is 10.5. The zero-order valence-electron chi connectivity index (χ0n) is 8.57. The van der Waals surface area contributed by atoms with E-state index in [9.17, 15) is 0 Å².